The molecular formula is C11H13NO4. The van der Waals surface area contributed by atoms with Gasteiger partial charge in [0.2, 0.25) is 5.91 Å². The Balaban J connectivity index is 1.78. The van der Waals surface area contributed by atoms with Gasteiger partial charge in [-0.15, -0.1) is 0 Å². The molecule has 0 aromatic carbocycles. The lowest BCUT2D eigenvalue weighted by Crippen LogP contribution is -2.43. The first-order chi connectivity index (χ1) is 7.66. The molecular weight excluding hydrogens is 210 g/mol. The lowest BCUT2D eigenvalue weighted by molar-refractivity contribution is -0.146. The van der Waals surface area contributed by atoms with Crippen molar-refractivity contribution in [3.05, 3.63) is 12.2 Å². The number of fused-ring (bicyclic) bond motifs is 2. The minimum atomic E-state index is -0.951. The van der Waals surface area contributed by atoms with Crippen molar-refractivity contribution in [3.8, 4) is 0 Å². The summed E-state index contributed by atoms with van der Waals surface area (Å²) in [6.45, 7) is 0. The Kier molecular flexibility index (Phi) is 2.04. The Labute approximate surface area is 92.5 Å². The van der Waals surface area contributed by atoms with E-state index in [-0.39, 0.29) is 18.1 Å². The molecule has 2 aliphatic heterocycles. The first-order valence-electron chi connectivity index (χ1n) is 5.54. The molecule has 0 radical (unpaired) electrons. The predicted octanol–water partition coefficient (Wildman–Crippen LogP) is -0.0808. The maximum Gasteiger partial charge on any atom is 0.310 e. The molecule has 1 amide bonds. The number of amides is 1. The quantitative estimate of drug-likeness (QED) is 0.656. The summed E-state index contributed by atoms with van der Waals surface area (Å²) in [6, 6.07) is 0.255. The molecule has 4 atom stereocenters. The molecule has 16 heavy (non-hydrogen) atoms. The summed E-state index contributed by atoms with van der Waals surface area (Å²) in [5.41, 5.74) is 0. The lowest BCUT2D eigenvalue weighted by atomic mass is 9.82. The largest absolute Gasteiger partial charge is 0.481 e. The van der Waals surface area contributed by atoms with Crippen molar-refractivity contribution in [1.29, 1.82) is 0 Å². The van der Waals surface area contributed by atoms with Crippen molar-refractivity contribution >= 4 is 11.9 Å². The van der Waals surface area contributed by atoms with Crippen molar-refractivity contribution in [1.82, 2.24) is 5.32 Å². The van der Waals surface area contributed by atoms with Crippen LogP contribution in [0.25, 0.3) is 0 Å². The number of carboxylic acids is 1. The molecule has 0 unspecified atom stereocenters. The minimum absolute atomic E-state index is 0.174. The van der Waals surface area contributed by atoms with Gasteiger partial charge in [0.1, 0.15) is 5.92 Å². The van der Waals surface area contributed by atoms with Gasteiger partial charge in [0.25, 0.3) is 0 Å². The van der Waals surface area contributed by atoms with Crippen LogP contribution < -0.4 is 5.32 Å². The van der Waals surface area contributed by atoms with Gasteiger partial charge in [0, 0.05) is 6.04 Å². The van der Waals surface area contributed by atoms with E-state index in [2.05, 4.69) is 5.32 Å². The maximum atomic E-state index is 11.9. The number of carbonyl (C=O) groups is 2. The molecule has 3 aliphatic rings. The van der Waals surface area contributed by atoms with Crippen LogP contribution in [-0.2, 0) is 14.3 Å². The van der Waals surface area contributed by atoms with Crippen molar-refractivity contribution in [3.63, 3.8) is 0 Å². The molecule has 2 heterocycles. The highest BCUT2D eigenvalue weighted by molar-refractivity contribution is 5.87. The van der Waals surface area contributed by atoms with Crippen LogP contribution in [0.2, 0.25) is 0 Å². The van der Waals surface area contributed by atoms with Gasteiger partial charge < -0.3 is 15.2 Å². The summed E-state index contributed by atoms with van der Waals surface area (Å²) in [5.74, 6) is -2.42. The zero-order valence-electron chi connectivity index (χ0n) is 8.63. The molecule has 2 N–H and O–H groups in total. The second kappa shape index (κ2) is 3.31. The topological polar surface area (TPSA) is 75.6 Å². The van der Waals surface area contributed by atoms with Crippen LogP contribution in [0.15, 0.2) is 12.2 Å². The maximum absolute atomic E-state index is 11.9. The number of aliphatic carboxylic acids is 1. The smallest absolute Gasteiger partial charge is 0.310 e. The fraction of sp³-hybridized carbons (Fsp3) is 0.636. The summed E-state index contributed by atoms with van der Waals surface area (Å²) < 4.78 is 5.43. The Morgan fingerprint density at radius 3 is 2.38 bits per heavy atom. The molecule has 3 rings (SSSR count). The average Bonchev–Trinajstić information content (AvgIpc) is 2.81. The van der Waals surface area contributed by atoms with Gasteiger partial charge in [-0.1, -0.05) is 12.2 Å². The molecule has 5 heteroatoms. The first kappa shape index (κ1) is 9.84. The number of carboxylic acid groups (broad SMARTS) is 1. The van der Waals surface area contributed by atoms with Crippen LogP contribution in [0.5, 0.6) is 0 Å². The summed E-state index contributed by atoms with van der Waals surface area (Å²) in [6.07, 6.45) is 4.75. The number of hydrogen-bond acceptors (Lipinski definition) is 3. The van der Waals surface area contributed by atoms with Gasteiger partial charge in [-0.05, 0) is 12.8 Å². The summed E-state index contributed by atoms with van der Waals surface area (Å²) in [5, 5.41) is 12.0. The van der Waals surface area contributed by atoms with E-state index in [0.717, 1.165) is 12.8 Å². The molecule has 1 saturated carbocycles. The fourth-order valence-electron chi connectivity index (χ4n) is 2.44. The van der Waals surface area contributed by atoms with Crippen LogP contribution in [0.1, 0.15) is 12.8 Å². The molecule has 2 fully saturated rings. The van der Waals surface area contributed by atoms with Crippen molar-refractivity contribution < 1.29 is 19.4 Å². The van der Waals surface area contributed by atoms with Crippen molar-refractivity contribution in [2.75, 3.05) is 0 Å². The van der Waals surface area contributed by atoms with E-state index in [1.165, 1.54) is 0 Å². The van der Waals surface area contributed by atoms with Crippen molar-refractivity contribution in [2.24, 2.45) is 11.8 Å². The number of ether oxygens (including phenoxy) is 1. The van der Waals surface area contributed by atoms with Gasteiger partial charge in [-0.3, -0.25) is 9.59 Å². The number of carbonyl (C=O) groups excluding carboxylic acids is 1. The zero-order valence-corrected chi connectivity index (χ0v) is 8.63. The number of hydrogen-bond donors (Lipinski definition) is 2. The van der Waals surface area contributed by atoms with Crippen LogP contribution in [0.4, 0.5) is 0 Å². The minimum Gasteiger partial charge on any atom is -0.481 e. The Hall–Kier alpha value is -1.36. The Bertz CT molecular complexity index is 374. The average molecular weight is 223 g/mol. The second-order valence-electron chi connectivity index (χ2n) is 4.62. The number of nitrogens with one attached hydrogen (secondary N) is 1. The highest BCUT2D eigenvalue weighted by atomic mass is 16.5. The van der Waals surface area contributed by atoms with E-state index in [4.69, 9.17) is 9.84 Å². The third-order valence-electron chi connectivity index (χ3n) is 3.41. The van der Waals surface area contributed by atoms with Gasteiger partial charge in [0.05, 0.1) is 18.1 Å². The number of rotatable bonds is 3. The summed E-state index contributed by atoms with van der Waals surface area (Å²) in [4.78, 5) is 23.0. The first-order valence-corrected chi connectivity index (χ1v) is 5.54. The molecule has 1 aliphatic carbocycles. The second-order valence-corrected chi connectivity index (χ2v) is 4.62. The van der Waals surface area contributed by atoms with E-state index in [9.17, 15) is 9.59 Å². The third kappa shape index (κ3) is 1.43. The monoisotopic (exact) mass is 223 g/mol. The highest BCUT2D eigenvalue weighted by Gasteiger charge is 2.53. The molecule has 0 aromatic rings. The van der Waals surface area contributed by atoms with Gasteiger partial charge in [0.15, 0.2) is 0 Å². The normalized spacial score (nSPS) is 40.0. The standard InChI is InChI=1S/C11H13NO4/c13-10(12-5-1-2-5)8-6-3-4-7(16-6)9(8)11(14)15/h3-9H,1-2H2,(H,12,13)(H,14,15)/t6-,7+,8-,9+/m1/s1. The van der Waals surface area contributed by atoms with Crippen LogP contribution in [-0.4, -0.2) is 35.2 Å². The third-order valence-corrected chi connectivity index (χ3v) is 3.41. The SMILES string of the molecule is O=C(O)[C@@H]1[C@H](C(=O)NC2CC2)[C@H]2C=C[C@@H]1O2. The molecule has 5 nitrogen and oxygen atoms in total. The molecule has 1 saturated heterocycles. The summed E-state index contributed by atoms with van der Waals surface area (Å²) >= 11 is 0. The molecule has 0 spiro atoms. The highest BCUT2D eigenvalue weighted by Crippen LogP contribution is 2.39. The molecule has 86 valence electrons. The fourth-order valence-corrected chi connectivity index (χ4v) is 2.44. The van der Waals surface area contributed by atoms with E-state index < -0.39 is 23.9 Å². The lowest BCUT2D eigenvalue weighted by Gasteiger charge is -2.20. The van der Waals surface area contributed by atoms with Crippen LogP contribution >= 0.6 is 0 Å². The van der Waals surface area contributed by atoms with E-state index in [0.29, 0.717) is 0 Å². The van der Waals surface area contributed by atoms with Gasteiger partial charge in [-0.2, -0.15) is 0 Å². The zero-order chi connectivity index (χ0) is 11.3. The van der Waals surface area contributed by atoms with Crippen LogP contribution in [0, 0.1) is 11.8 Å². The van der Waals surface area contributed by atoms with Gasteiger partial charge in [-0.25, -0.2) is 0 Å². The van der Waals surface area contributed by atoms with E-state index >= 15 is 0 Å². The molecule has 2 bridgehead atoms. The molecule has 0 aromatic heterocycles. The summed E-state index contributed by atoms with van der Waals surface area (Å²) in [7, 11) is 0. The van der Waals surface area contributed by atoms with E-state index in [1.54, 1.807) is 12.2 Å². The van der Waals surface area contributed by atoms with Crippen molar-refractivity contribution in [2.45, 2.75) is 31.1 Å². The van der Waals surface area contributed by atoms with Crippen LogP contribution in [0.3, 0.4) is 0 Å². The van der Waals surface area contributed by atoms with Gasteiger partial charge >= 0.3 is 5.97 Å². The Morgan fingerprint density at radius 1 is 1.19 bits per heavy atom. The predicted molar refractivity (Wildman–Crippen MR) is 53.6 cm³/mol. The Morgan fingerprint density at radius 2 is 1.81 bits per heavy atom. The van der Waals surface area contributed by atoms with E-state index in [1.807, 2.05) is 0 Å².